The van der Waals surface area contributed by atoms with Crippen molar-refractivity contribution >= 4 is 5.78 Å². The largest absolute Gasteiger partial charge is 0.317 e. The van der Waals surface area contributed by atoms with Crippen LogP contribution in [-0.2, 0) is 0 Å². The molecule has 0 unspecified atom stereocenters. The van der Waals surface area contributed by atoms with Crippen LogP contribution in [0.3, 0.4) is 0 Å². The van der Waals surface area contributed by atoms with Crippen LogP contribution >= 0.6 is 0 Å². The van der Waals surface area contributed by atoms with Crippen molar-refractivity contribution in [2.75, 3.05) is 13.1 Å². The maximum Gasteiger partial charge on any atom is 0.217 e. The molecular weight excluding hydrogens is 244 g/mol. The van der Waals surface area contributed by atoms with Crippen LogP contribution in [0.1, 0.15) is 34.9 Å². The standard InChI is InChI=1S/C12H14N6O/c19-12(9-5-14-8-15-6-9)11-7-18(17-16-11)10-1-3-13-4-2-10/h5-8,10,13H,1-4H2. The Hall–Kier alpha value is -2.15. The summed E-state index contributed by atoms with van der Waals surface area (Å²) >= 11 is 0. The fourth-order valence-electron chi connectivity index (χ4n) is 2.19. The first-order valence-electron chi connectivity index (χ1n) is 6.27. The van der Waals surface area contributed by atoms with E-state index in [1.807, 2.05) is 0 Å². The predicted octanol–water partition coefficient (Wildman–Crippen LogP) is 0.224. The van der Waals surface area contributed by atoms with Gasteiger partial charge in [0, 0.05) is 12.4 Å². The zero-order chi connectivity index (χ0) is 13.1. The van der Waals surface area contributed by atoms with E-state index in [2.05, 4.69) is 25.6 Å². The summed E-state index contributed by atoms with van der Waals surface area (Å²) in [5, 5.41) is 11.3. The lowest BCUT2D eigenvalue weighted by molar-refractivity contribution is 0.103. The minimum atomic E-state index is -0.194. The van der Waals surface area contributed by atoms with Gasteiger partial charge in [0.05, 0.1) is 17.8 Å². The van der Waals surface area contributed by atoms with E-state index in [0.717, 1.165) is 25.9 Å². The summed E-state index contributed by atoms with van der Waals surface area (Å²) in [6.07, 6.45) is 8.09. The molecule has 98 valence electrons. The number of ketones is 1. The molecule has 0 spiro atoms. The number of nitrogens with zero attached hydrogens (tertiary/aromatic N) is 5. The number of carbonyl (C=O) groups excluding carboxylic acids is 1. The van der Waals surface area contributed by atoms with Gasteiger partial charge in [0.1, 0.15) is 6.33 Å². The van der Waals surface area contributed by atoms with Crippen molar-refractivity contribution in [3.05, 3.63) is 36.2 Å². The van der Waals surface area contributed by atoms with Crippen LogP contribution in [0, 0.1) is 0 Å². The summed E-state index contributed by atoms with van der Waals surface area (Å²) in [5.74, 6) is -0.194. The SMILES string of the molecule is O=C(c1cncnc1)c1cn(C2CCNCC2)nn1. The van der Waals surface area contributed by atoms with E-state index in [9.17, 15) is 4.79 Å². The van der Waals surface area contributed by atoms with E-state index >= 15 is 0 Å². The molecule has 1 aliphatic rings. The van der Waals surface area contributed by atoms with Gasteiger partial charge in [-0.1, -0.05) is 5.21 Å². The zero-order valence-electron chi connectivity index (χ0n) is 10.4. The van der Waals surface area contributed by atoms with Crippen molar-refractivity contribution in [2.24, 2.45) is 0 Å². The predicted molar refractivity (Wildman–Crippen MR) is 66.6 cm³/mol. The Morgan fingerprint density at radius 3 is 2.74 bits per heavy atom. The minimum absolute atomic E-state index is 0.194. The van der Waals surface area contributed by atoms with Crippen molar-refractivity contribution in [2.45, 2.75) is 18.9 Å². The fraction of sp³-hybridized carbons (Fsp3) is 0.417. The monoisotopic (exact) mass is 258 g/mol. The summed E-state index contributed by atoms with van der Waals surface area (Å²) in [4.78, 5) is 19.8. The van der Waals surface area contributed by atoms with Gasteiger partial charge in [-0.2, -0.15) is 0 Å². The third kappa shape index (κ3) is 2.50. The molecule has 0 atom stereocenters. The second-order valence-corrected chi connectivity index (χ2v) is 4.52. The number of aromatic nitrogens is 5. The molecular formula is C12H14N6O. The maximum absolute atomic E-state index is 12.1. The average Bonchev–Trinajstić information content (AvgIpc) is 2.98. The number of nitrogens with one attached hydrogen (secondary N) is 1. The summed E-state index contributed by atoms with van der Waals surface area (Å²) in [7, 11) is 0. The van der Waals surface area contributed by atoms with Gasteiger partial charge in [0.15, 0.2) is 5.69 Å². The van der Waals surface area contributed by atoms with Crippen LogP contribution in [0.5, 0.6) is 0 Å². The lowest BCUT2D eigenvalue weighted by Crippen LogP contribution is -2.29. The van der Waals surface area contributed by atoms with E-state index in [-0.39, 0.29) is 5.78 Å². The van der Waals surface area contributed by atoms with Crippen LogP contribution < -0.4 is 5.32 Å². The highest BCUT2D eigenvalue weighted by atomic mass is 16.1. The quantitative estimate of drug-likeness (QED) is 0.793. The highest BCUT2D eigenvalue weighted by molar-refractivity contribution is 6.07. The molecule has 0 amide bonds. The normalized spacial score (nSPS) is 16.4. The number of rotatable bonds is 3. The van der Waals surface area contributed by atoms with Gasteiger partial charge in [-0.3, -0.25) is 4.79 Å². The van der Waals surface area contributed by atoms with Gasteiger partial charge >= 0.3 is 0 Å². The lowest BCUT2D eigenvalue weighted by atomic mass is 10.1. The second-order valence-electron chi connectivity index (χ2n) is 4.52. The molecule has 1 aliphatic heterocycles. The van der Waals surface area contributed by atoms with E-state index < -0.39 is 0 Å². The van der Waals surface area contributed by atoms with Gasteiger partial charge in [-0.05, 0) is 25.9 Å². The van der Waals surface area contributed by atoms with Crippen molar-refractivity contribution in [1.82, 2.24) is 30.3 Å². The second kappa shape index (κ2) is 5.23. The zero-order valence-corrected chi connectivity index (χ0v) is 10.4. The van der Waals surface area contributed by atoms with E-state index in [1.54, 1.807) is 10.9 Å². The van der Waals surface area contributed by atoms with Crippen molar-refractivity contribution in [1.29, 1.82) is 0 Å². The van der Waals surface area contributed by atoms with Crippen LogP contribution in [-0.4, -0.2) is 43.8 Å². The molecule has 7 nitrogen and oxygen atoms in total. The molecule has 19 heavy (non-hydrogen) atoms. The third-order valence-electron chi connectivity index (χ3n) is 3.25. The molecule has 1 N–H and O–H groups in total. The highest BCUT2D eigenvalue weighted by Crippen LogP contribution is 2.17. The van der Waals surface area contributed by atoms with Crippen molar-refractivity contribution in [3.63, 3.8) is 0 Å². The van der Waals surface area contributed by atoms with Gasteiger partial charge in [-0.25, -0.2) is 14.6 Å². The Labute approximate surface area is 110 Å². The molecule has 0 radical (unpaired) electrons. The summed E-state index contributed by atoms with van der Waals surface area (Å²) in [6.45, 7) is 1.95. The Balaban J connectivity index is 1.79. The summed E-state index contributed by atoms with van der Waals surface area (Å²) < 4.78 is 1.79. The van der Waals surface area contributed by atoms with Gasteiger partial charge < -0.3 is 5.32 Å². The highest BCUT2D eigenvalue weighted by Gasteiger charge is 2.19. The topological polar surface area (TPSA) is 85.6 Å². The van der Waals surface area contributed by atoms with Gasteiger partial charge in [0.2, 0.25) is 5.78 Å². The molecule has 0 aliphatic carbocycles. The minimum Gasteiger partial charge on any atom is -0.317 e. The van der Waals surface area contributed by atoms with Crippen LogP contribution in [0.2, 0.25) is 0 Å². The van der Waals surface area contributed by atoms with Gasteiger partial charge in [0.25, 0.3) is 0 Å². The smallest absolute Gasteiger partial charge is 0.217 e. The van der Waals surface area contributed by atoms with Gasteiger partial charge in [-0.15, -0.1) is 5.10 Å². The van der Waals surface area contributed by atoms with Crippen molar-refractivity contribution < 1.29 is 4.79 Å². The Morgan fingerprint density at radius 2 is 2.00 bits per heavy atom. The van der Waals surface area contributed by atoms with E-state index in [0.29, 0.717) is 17.3 Å². The first kappa shape index (κ1) is 11.9. The first-order valence-corrected chi connectivity index (χ1v) is 6.27. The number of hydrogen-bond acceptors (Lipinski definition) is 6. The molecule has 1 saturated heterocycles. The van der Waals surface area contributed by atoms with Crippen LogP contribution in [0.4, 0.5) is 0 Å². The third-order valence-corrected chi connectivity index (χ3v) is 3.25. The Kier molecular flexibility index (Phi) is 3.28. The van der Waals surface area contributed by atoms with E-state index in [1.165, 1.54) is 18.7 Å². The molecule has 2 aromatic rings. The van der Waals surface area contributed by atoms with Crippen molar-refractivity contribution in [3.8, 4) is 0 Å². The fourth-order valence-corrected chi connectivity index (χ4v) is 2.19. The molecule has 3 heterocycles. The summed E-state index contributed by atoms with van der Waals surface area (Å²) in [6, 6.07) is 0.322. The number of hydrogen-bond donors (Lipinski definition) is 1. The molecule has 3 rings (SSSR count). The average molecular weight is 258 g/mol. The lowest BCUT2D eigenvalue weighted by Gasteiger charge is -2.22. The number of carbonyl (C=O) groups is 1. The maximum atomic E-state index is 12.1. The Morgan fingerprint density at radius 1 is 1.26 bits per heavy atom. The number of piperidine rings is 1. The molecule has 7 heteroatoms. The molecule has 1 fully saturated rings. The van der Waals surface area contributed by atoms with Crippen LogP contribution in [0.15, 0.2) is 24.9 Å². The molecule has 2 aromatic heterocycles. The summed E-state index contributed by atoms with van der Waals surface area (Å²) in [5.41, 5.74) is 0.771. The molecule has 0 bridgehead atoms. The first-order chi connectivity index (χ1) is 9.34. The molecule has 0 saturated carbocycles. The Bertz CT molecular complexity index is 561. The molecule has 0 aromatic carbocycles. The van der Waals surface area contributed by atoms with Crippen LogP contribution in [0.25, 0.3) is 0 Å². The van der Waals surface area contributed by atoms with E-state index in [4.69, 9.17) is 0 Å².